The molecular weight excluding hydrogens is 234 g/mol. The summed E-state index contributed by atoms with van der Waals surface area (Å²) in [6, 6.07) is 8.51. The summed E-state index contributed by atoms with van der Waals surface area (Å²) in [5.41, 5.74) is 3.73. The second-order valence-corrected chi connectivity index (χ2v) is 4.62. The van der Waals surface area contributed by atoms with Crippen molar-refractivity contribution in [3.8, 4) is 0 Å². The van der Waals surface area contributed by atoms with Crippen LogP contribution in [0.1, 0.15) is 23.7 Å². The highest BCUT2D eigenvalue weighted by Gasteiger charge is 2.05. The van der Waals surface area contributed by atoms with Gasteiger partial charge in [-0.15, -0.1) is 6.58 Å². The molecule has 0 aliphatic rings. The van der Waals surface area contributed by atoms with Crippen molar-refractivity contribution in [1.82, 2.24) is 9.55 Å². The van der Waals surface area contributed by atoms with Crippen LogP contribution in [-0.4, -0.2) is 9.55 Å². The normalized spacial score (nSPS) is 10.4. The summed E-state index contributed by atoms with van der Waals surface area (Å²) in [4.78, 5) is 4.50. The zero-order valence-electron chi connectivity index (χ0n) is 11.7. The van der Waals surface area contributed by atoms with Crippen LogP contribution in [0, 0.1) is 6.92 Å². The Bertz CT molecular complexity index is 555. The summed E-state index contributed by atoms with van der Waals surface area (Å²) < 4.78 is 2.08. The molecule has 0 amide bonds. The molecule has 2 aromatic rings. The number of hydrogen-bond donors (Lipinski definition) is 1. The Labute approximate surface area is 115 Å². The van der Waals surface area contributed by atoms with Gasteiger partial charge in [0, 0.05) is 19.3 Å². The van der Waals surface area contributed by atoms with E-state index in [2.05, 4.69) is 52.6 Å². The highest BCUT2D eigenvalue weighted by molar-refractivity contribution is 5.34. The van der Waals surface area contributed by atoms with E-state index in [9.17, 15) is 0 Å². The van der Waals surface area contributed by atoms with E-state index in [1.165, 1.54) is 11.1 Å². The summed E-state index contributed by atoms with van der Waals surface area (Å²) in [7, 11) is 0. The number of imidazole rings is 1. The van der Waals surface area contributed by atoms with E-state index in [1.54, 1.807) is 0 Å². The van der Waals surface area contributed by atoms with Crippen molar-refractivity contribution in [2.75, 3.05) is 5.32 Å². The Hall–Kier alpha value is -2.03. The monoisotopic (exact) mass is 255 g/mol. The molecule has 1 N–H and O–H groups in total. The molecule has 0 aliphatic carbocycles. The average Bonchev–Trinajstić information content (AvgIpc) is 2.77. The minimum atomic E-state index is 0.776. The van der Waals surface area contributed by atoms with Crippen molar-refractivity contribution in [2.24, 2.45) is 0 Å². The first-order valence-corrected chi connectivity index (χ1v) is 6.70. The van der Waals surface area contributed by atoms with Crippen LogP contribution in [0.2, 0.25) is 0 Å². The van der Waals surface area contributed by atoms with Gasteiger partial charge in [-0.25, -0.2) is 4.98 Å². The van der Waals surface area contributed by atoms with Crippen LogP contribution in [0.25, 0.3) is 0 Å². The van der Waals surface area contributed by atoms with Gasteiger partial charge >= 0.3 is 0 Å². The first-order valence-electron chi connectivity index (χ1n) is 6.70. The van der Waals surface area contributed by atoms with E-state index in [4.69, 9.17) is 0 Å². The molecule has 100 valence electrons. The van der Waals surface area contributed by atoms with Crippen molar-refractivity contribution in [1.29, 1.82) is 0 Å². The van der Waals surface area contributed by atoms with Crippen molar-refractivity contribution >= 4 is 5.95 Å². The predicted molar refractivity (Wildman–Crippen MR) is 80.3 cm³/mol. The van der Waals surface area contributed by atoms with Crippen molar-refractivity contribution in [3.63, 3.8) is 0 Å². The van der Waals surface area contributed by atoms with Crippen LogP contribution < -0.4 is 5.32 Å². The topological polar surface area (TPSA) is 29.9 Å². The van der Waals surface area contributed by atoms with Crippen LogP contribution >= 0.6 is 0 Å². The number of nitrogens with one attached hydrogen (secondary N) is 1. The minimum absolute atomic E-state index is 0.776. The van der Waals surface area contributed by atoms with Gasteiger partial charge in [0.15, 0.2) is 0 Å². The van der Waals surface area contributed by atoms with Crippen LogP contribution in [0.3, 0.4) is 0 Å². The molecule has 3 nitrogen and oxygen atoms in total. The van der Waals surface area contributed by atoms with Gasteiger partial charge in [-0.3, -0.25) is 0 Å². The largest absolute Gasteiger partial charge is 0.352 e. The molecule has 0 spiro atoms. The zero-order chi connectivity index (χ0) is 13.7. The van der Waals surface area contributed by atoms with Gasteiger partial charge in [0.2, 0.25) is 5.95 Å². The lowest BCUT2D eigenvalue weighted by Crippen LogP contribution is -2.08. The van der Waals surface area contributed by atoms with Crippen molar-refractivity contribution in [2.45, 2.75) is 33.4 Å². The second kappa shape index (κ2) is 6.23. The first kappa shape index (κ1) is 13.4. The lowest BCUT2D eigenvalue weighted by Gasteiger charge is -2.10. The molecule has 19 heavy (non-hydrogen) atoms. The maximum absolute atomic E-state index is 4.50. The molecule has 0 saturated heterocycles. The molecule has 0 atom stereocenters. The van der Waals surface area contributed by atoms with Crippen molar-refractivity contribution < 1.29 is 0 Å². The zero-order valence-corrected chi connectivity index (χ0v) is 11.7. The second-order valence-electron chi connectivity index (χ2n) is 4.62. The average molecular weight is 255 g/mol. The molecule has 1 heterocycles. The van der Waals surface area contributed by atoms with Gasteiger partial charge in [-0.2, -0.15) is 0 Å². The SMILES string of the molecule is C=CCn1cc(C)nc1NCc1ccccc1CC. The predicted octanol–water partition coefficient (Wildman–Crippen LogP) is 3.55. The molecule has 0 unspecified atom stereocenters. The maximum atomic E-state index is 4.50. The number of aromatic nitrogens is 2. The molecule has 0 fully saturated rings. The van der Waals surface area contributed by atoms with Gasteiger partial charge < -0.3 is 9.88 Å². The maximum Gasteiger partial charge on any atom is 0.203 e. The number of benzene rings is 1. The Balaban J connectivity index is 2.11. The Kier molecular flexibility index (Phi) is 4.39. The Morgan fingerprint density at radius 1 is 1.32 bits per heavy atom. The summed E-state index contributed by atoms with van der Waals surface area (Å²) >= 11 is 0. The molecule has 0 bridgehead atoms. The van der Waals surface area contributed by atoms with Gasteiger partial charge in [-0.05, 0) is 24.5 Å². The van der Waals surface area contributed by atoms with Crippen LogP contribution in [0.5, 0.6) is 0 Å². The fraction of sp³-hybridized carbons (Fsp3) is 0.312. The molecule has 1 aromatic carbocycles. The Morgan fingerprint density at radius 2 is 2.05 bits per heavy atom. The van der Waals surface area contributed by atoms with Gasteiger partial charge in [0.25, 0.3) is 0 Å². The van der Waals surface area contributed by atoms with E-state index in [1.807, 2.05) is 19.2 Å². The van der Waals surface area contributed by atoms with Gasteiger partial charge in [0.05, 0.1) is 5.69 Å². The summed E-state index contributed by atoms with van der Waals surface area (Å²) in [6.07, 6.45) is 4.97. The fourth-order valence-corrected chi connectivity index (χ4v) is 2.22. The summed E-state index contributed by atoms with van der Waals surface area (Å²) in [6.45, 7) is 9.54. The van der Waals surface area contributed by atoms with Gasteiger partial charge in [-0.1, -0.05) is 37.3 Å². The number of hydrogen-bond acceptors (Lipinski definition) is 2. The highest BCUT2D eigenvalue weighted by atomic mass is 15.2. The first-order chi connectivity index (χ1) is 9.24. The number of allylic oxidation sites excluding steroid dienone is 1. The van der Waals surface area contributed by atoms with E-state index >= 15 is 0 Å². The lowest BCUT2D eigenvalue weighted by molar-refractivity contribution is 0.818. The van der Waals surface area contributed by atoms with E-state index < -0.39 is 0 Å². The quantitative estimate of drug-likeness (QED) is 0.800. The number of rotatable bonds is 6. The summed E-state index contributed by atoms with van der Waals surface area (Å²) in [5, 5.41) is 3.41. The number of anilines is 1. The minimum Gasteiger partial charge on any atom is -0.352 e. The third kappa shape index (κ3) is 3.25. The number of aryl methyl sites for hydroxylation is 2. The molecule has 0 saturated carbocycles. The smallest absolute Gasteiger partial charge is 0.203 e. The lowest BCUT2D eigenvalue weighted by atomic mass is 10.1. The number of nitrogens with zero attached hydrogens (tertiary/aromatic N) is 2. The standard InChI is InChI=1S/C16H21N3/c1-4-10-19-12-13(3)18-16(19)17-11-15-9-7-6-8-14(15)5-2/h4,6-9,12H,1,5,10-11H2,2-3H3,(H,17,18). The molecular formula is C16H21N3. The molecule has 0 radical (unpaired) electrons. The fourth-order valence-electron chi connectivity index (χ4n) is 2.22. The van der Waals surface area contributed by atoms with E-state index in [0.29, 0.717) is 0 Å². The van der Waals surface area contributed by atoms with E-state index in [0.717, 1.165) is 31.2 Å². The molecule has 0 aliphatic heterocycles. The van der Waals surface area contributed by atoms with Crippen molar-refractivity contribution in [3.05, 3.63) is 59.9 Å². The third-order valence-electron chi connectivity index (χ3n) is 3.16. The van der Waals surface area contributed by atoms with Crippen LogP contribution in [-0.2, 0) is 19.5 Å². The Morgan fingerprint density at radius 3 is 2.74 bits per heavy atom. The highest BCUT2D eigenvalue weighted by Crippen LogP contribution is 2.13. The molecule has 1 aromatic heterocycles. The molecule has 2 rings (SSSR count). The third-order valence-corrected chi connectivity index (χ3v) is 3.16. The van der Waals surface area contributed by atoms with Gasteiger partial charge in [0.1, 0.15) is 0 Å². The summed E-state index contributed by atoms with van der Waals surface area (Å²) in [5.74, 6) is 0.906. The van der Waals surface area contributed by atoms with Crippen LogP contribution in [0.15, 0.2) is 43.1 Å². The van der Waals surface area contributed by atoms with E-state index in [-0.39, 0.29) is 0 Å². The molecule has 3 heteroatoms. The van der Waals surface area contributed by atoms with Crippen LogP contribution in [0.4, 0.5) is 5.95 Å².